The van der Waals surface area contributed by atoms with Gasteiger partial charge >= 0.3 is 0 Å². The summed E-state index contributed by atoms with van der Waals surface area (Å²) in [6.07, 6.45) is 4.57. The van der Waals surface area contributed by atoms with Crippen LogP contribution in [0.2, 0.25) is 0 Å². The summed E-state index contributed by atoms with van der Waals surface area (Å²) in [7, 11) is 3.64. The van der Waals surface area contributed by atoms with Crippen LogP contribution in [0.4, 0.5) is 0 Å². The van der Waals surface area contributed by atoms with Crippen molar-refractivity contribution in [2.45, 2.75) is 12.5 Å². The van der Waals surface area contributed by atoms with Gasteiger partial charge in [0.05, 0.1) is 11.6 Å². The molecule has 0 fully saturated rings. The molecule has 0 aliphatic heterocycles. The highest BCUT2D eigenvalue weighted by atomic mass is 79.9. The maximum atomic E-state index is 5.26. The second kappa shape index (κ2) is 7.20. The van der Waals surface area contributed by atoms with Crippen LogP contribution in [0.1, 0.15) is 17.2 Å². The smallest absolute Gasteiger partial charge is 0.133 e. The Morgan fingerprint density at radius 3 is 2.65 bits per heavy atom. The van der Waals surface area contributed by atoms with E-state index in [9.17, 15) is 0 Å². The third-order valence-electron chi connectivity index (χ3n) is 3.13. The summed E-state index contributed by atoms with van der Waals surface area (Å²) in [5, 5.41) is 3.35. The molecule has 20 heavy (non-hydrogen) atoms. The summed E-state index contributed by atoms with van der Waals surface area (Å²) < 4.78 is 7.23. The van der Waals surface area contributed by atoms with Gasteiger partial charge in [0, 0.05) is 22.9 Å². The Morgan fingerprint density at radius 1 is 1.25 bits per heavy atom. The standard InChI is InChI=1S/C15H16Br2N2O/c1-18-14(6-10-5-12(16)9-19-8-10)11-3-4-15(20-2)13(17)7-11/h3-5,7-9,14,18H,6H2,1-2H3. The molecule has 0 bridgehead atoms. The highest BCUT2D eigenvalue weighted by Gasteiger charge is 2.12. The number of hydrogen-bond donors (Lipinski definition) is 1. The molecule has 1 unspecified atom stereocenters. The van der Waals surface area contributed by atoms with Crippen LogP contribution >= 0.6 is 31.9 Å². The van der Waals surface area contributed by atoms with E-state index in [4.69, 9.17) is 4.74 Å². The van der Waals surface area contributed by atoms with Crippen LogP contribution in [-0.2, 0) is 6.42 Å². The molecular formula is C15H16Br2N2O. The van der Waals surface area contributed by atoms with Crippen LogP contribution in [0, 0.1) is 0 Å². The number of likely N-dealkylation sites (N-methyl/N-ethyl adjacent to an activating group) is 1. The second-order valence-corrected chi connectivity index (χ2v) is 6.22. The Balaban J connectivity index is 2.22. The maximum absolute atomic E-state index is 5.26. The fraction of sp³-hybridized carbons (Fsp3) is 0.267. The highest BCUT2D eigenvalue weighted by Crippen LogP contribution is 2.29. The van der Waals surface area contributed by atoms with Crippen LogP contribution in [0.5, 0.6) is 5.75 Å². The number of rotatable bonds is 5. The number of methoxy groups -OCH3 is 1. The summed E-state index contributed by atoms with van der Waals surface area (Å²) in [4.78, 5) is 4.21. The van der Waals surface area contributed by atoms with Crippen molar-refractivity contribution in [3.8, 4) is 5.75 Å². The molecule has 1 aromatic carbocycles. The third-order valence-corrected chi connectivity index (χ3v) is 4.18. The van der Waals surface area contributed by atoms with Gasteiger partial charge in [0.2, 0.25) is 0 Å². The van der Waals surface area contributed by atoms with Gasteiger partial charge in [-0.1, -0.05) is 6.07 Å². The number of halogens is 2. The molecule has 2 rings (SSSR count). The van der Waals surface area contributed by atoms with Crippen molar-refractivity contribution in [1.29, 1.82) is 0 Å². The third kappa shape index (κ3) is 3.81. The summed E-state index contributed by atoms with van der Waals surface area (Å²) in [6.45, 7) is 0. The number of pyridine rings is 1. The first-order chi connectivity index (χ1) is 9.63. The number of hydrogen-bond acceptors (Lipinski definition) is 3. The van der Waals surface area contributed by atoms with Gasteiger partial charge in [-0.2, -0.15) is 0 Å². The summed E-state index contributed by atoms with van der Waals surface area (Å²) in [5.41, 5.74) is 2.39. The minimum atomic E-state index is 0.230. The quantitative estimate of drug-likeness (QED) is 0.821. The van der Waals surface area contributed by atoms with Crippen LogP contribution in [0.3, 0.4) is 0 Å². The van der Waals surface area contributed by atoms with E-state index in [2.05, 4.69) is 60.4 Å². The van der Waals surface area contributed by atoms with E-state index >= 15 is 0 Å². The van der Waals surface area contributed by atoms with Crippen molar-refractivity contribution >= 4 is 31.9 Å². The molecule has 0 radical (unpaired) electrons. The summed E-state index contributed by atoms with van der Waals surface area (Å²) >= 11 is 6.98. The lowest BCUT2D eigenvalue weighted by Crippen LogP contribution is -2.19. The molecule has 0 aliphatic rings. The van der Waals surface area contributed by atoms with Gasteiger partial charge in [-0.15, -0.1) is 0 Å². The van der Waals surface area contributed by atoms with E-state index < -0.39 is 0 Å². The fourth-order valence-corrected chi connectivity index (χ4v) is 3.06. The van der Waals surface area contributed by atoms with Gasteiger partial charge in [0.15, 0.2) is 0 Å². The molecule has 0 amide bonds. The van der Waals surface area contributed by atoms with E-state index in [1.54, 1.807) is 13.3 Å². The Hall–Kier alpha value is -0.910. The zero-order valence-electron chi connectivity index (χ0n) is 11.4. The Kier molecular flexibility index (Phi) is 5.57. The van der Waals surface area contributed by atoms with Crippen LogP contribution in [0.25, 0.3) is 0 Å². The van der Waals surface area contributed by atoms with Gasteiger partial charge in [-0.25, -0.2) is 0 Å². The number of ether oxygens (including phenoxy) is 1. The predicted molar refractivity (Wildman–Crippen MR) is 88.1 cm³/mol. The molecular weight excluding hydrogens is 384 g/mol. The molecule has 3 nitrogen and oxygen atoms in total. The van der Waals surface area contributed by atoms with Crippen LogP contribution in [-0.4, -0.2) is 19.1 Å². The summed E-state index contributed by atoms with van der Waals surface area (Å²) in [6, 6.07) is 8.47. The number of aromatic nitrogens is 1. The topological polar surface area (TPSA) is 34.2 Å². The molecule has 1 atom stereocenters. The molecule has 1 aromatic heterocycles. The lowest BCUT2D eigenvalue weighted by molar-refractivity contribution is 0.411. The Bertz CT molecular complexity index is 590. The normalized spacial score (nSPS) is 12.2. The molecule has 0 saturated heterocycles. The van der Waals surface area contributed by atoms with Crippen molar-refractivity contribution in [1.82, 2.24) is 10.3 Å². The largest absolute Gasteiger partial charge is 0.496 e. The lowest BCUT2D eigenvalue weighted by Gasteiger charge is -2.18. The van der Waals surface area contributed by atoms with E-state index in [0.29, 0.717) is 0 Å². The van der Waals surface area contributed by atoms with Crippen molar-refractivity contribution in [3.05, 3.63) is 56.7 Å². The second-order valence-electron chi connectivity index (χ2n) is 4.45. The van der Waals surface area contributed by atoms with Crippen molar-refractivity contribution in [2.75, 3.05) is 14.2 Å². The first-order valence-corrected chi connectivity index (χ1v) is 7.82. The van der Waals surface area contributed by atoms with Crippen LogP contribution in [0.15, 0.2) is 45.6 Å². The average Bonchev–Trinajstić information content (AvgIpc) is 2.44. The number of benzene rings is 1. The maximum Gasteiger partial charge on any atom is 0.133 e. The molecule has 1 N–H and O–H groups in total. The van der Waals surface area contributed by atoms with E-state index in [0.717, 1.165) is 21.1 Å². The molecule has 106 valence electrons. The molecule has 0 saturated carbocycles. The number of nitrogens with zero attached hydrogens (tertiary/aromatic N) is 1. The van der Waals surface area contributed by atoms with Crippen LogP contribution < -0.4 is 10.1 Å². The SMILES string of the molecule is CNC(Cc1cncc(Br)c1)c1ccc(OC)c(Br)c1. The molecule has 2 aromatic rings. The Morgan fingerprint density at radius 2 is 2.05 bits per heavy atom. The molecule has 1 heterocycles. The monoisotopic (exact) mass is 398 g/mol. The zero-order valence-corrected chi connectivity index (χ0v) is 14.5. The van der Waals surface area contributed by atoms with E-state index in [-0.39, 0.29) is 6.04 Å². The average molecular weight is 400 g/mol. The van der Waals surface area contributed by atoms with Gasteiger partial charge < -0.3 is 10.1 Å². The fourth-order valence-electron chi connectivity index (χ4n) is 2.09. The molecule has 0 spiro atoms. The highest BCUT2D eigenvalue weighted by molar-refractivity contribution is 9.10. The number of nitrogens with one attached hydrogen (secondary N) is 1. The minimum absolute atomic E-state index is 0.230. The van der Waals surface area contributed by atoms with E-state index in [1.165, 1.54) is 11.1 Å². The lowest BCUT2D eigenvalue weighted by atomic mass is 10.00. The summed E-state index contributed by atoms with van der Waals surface area (Å²) in [5.74, 6) is 0.840. The first-order valence-electron chi connectivity index (χ1n) is 6.24. The van der Waals surface area contributed by atoms with Crippen molar-refractivity contribution < 1.29 is 4.74 Å². The van der Waals surface area contributed by atoms with E-state index in [1.807, 2.05) is 19.3 Å². The predicted octanol–water partition coefficient (Wildman–Crippen LogP) is 4.12. The minimum Gasteiger partial charge on any atom is -0.496 e. The van der Waals surface area contributed by atoms with Crippen molar-refractivity contribution in [2.24, 2.45) is 0 Å². The first kappa shape index (κ1) is 15.5. The van der Waals surface area contributed by atoms with Gasteiger partial charge in [-0.05, 0) is 74.7 Å². The van der Waals surface area contributed by atoms with Crippen molar-refractivity contribution in [3.63, 3.8) is 0 Å². The zero-order chi connectivity index (χ0) is 14.5. The van der Waals surface area contributed by atoms with Gasteiger partial charge in [0.25, 0.3) is 0 Å². The Labute approximate surface area is 136 Å². The van der Waals surface area contributed by atoms with Gasteiger partial charge in [-0.3, -0.25) is 4.98 Å². The molecule has 5 heteroatoms. The van der Waals surface area contributed by atoms with Gasteiger partial charge in [0.1, 0.15) is 5.75 Å². The molecule has 0 aliphatic carbocycles.